The maximum atomic E-state index is 13.7. The van der Waals surface area contributed by atoms with Crippen molar-refractivity contribution in [2.45, 2.75) is 0 Å². The average Bonchev–Trinajstić information content (AvgIpc) is 3.06. The molecule has 0 unspecified atom stereocenters. The fourth-order valence-corrected chi connectivity index (χ4v) is 2.74. The number of halogens is 4. The number of hydrazone groups is 1. The van der Waals surface area contributed by atoms with Gasteiger partial charge in [0.25, 0.3) is 0 Å². The second-order valence-corrected chi connectivity index (χ2v) is 5.89. The Bertz CT molecular complexity index is 897. The molecule has 0 aliphatic carbocycles. The van der Waals surface area contributed by atoms with Crippen LogP contribution in [0.15, 0.2) is 46.9 Å². The fraction of sp³-hybridized carbons (Fsp3) is 0. The van der Waals surface area contributed by atoms with Gasteiger partial charge in [-0.25, -0.2) is 18.2 Å². The Labute approximate surface area is 144 Å². The van der Waals surface area contributed by atoms with E-state index in [1.807, 2.05) is 35.7 Å². The van der Waals surface area contributed by atoms with Gasteiger partial charge in [-0.3, -0.25) is 5.43 Å². The lowest BCUT2D eigenvalue weighted by molar-refractivity contribution is 0.542. The molecule has 0 amide bonds. The van der Waals surface area contributed by atoms with Crippen LogP contribution in [0.5, 0.6) is 0 Å². The molecule has 8 heteroatoms. The molecule has 1 heterocycles. The van der Waals surface area contributed by atoms with E-state index >= 15 is 0 Å². The van der Waals surface area contributed by atoms with E-state index in [1.54, 1.807) is 0 Å². The number of hydrogen-bond acceptors (Lipinski definition) is 4. The standard InChI is InChI=1S/C16H9ClF3N3S/c17-14-12(19)6-11(18)10(15(14)20)7-21-23-16-22-13(8-24-16)9-4-2-1-3-5-9/h1-8H,(H,22,23). The van der Waals surface area contributed by atoms with Crippen molar-refractivity contribution in [3.8, 4) is 11.3 Å². The van der Waals surface area contributed by atoms with Crippen LogP contribution in [0.25, 0.3) is 11.3 Å². The van der Waals surface area contributed by atoms with Gasteiger partial charge in [0.15, 0.2) is 5.82 Å². The summed E-state index contributed by atoms with van der Waals surface area (Å²) < 4.78 is 40.4. The Morgan fingerprint density at radius 2 is 1.88 bits per heavy atom. The van der Waals surface area contributed by atoms with Gasteiger partial charge < -0.3 is 0 Å². The minimum Gasteiger partial charge on any atom is -0.253 e. The normalized spacial score (nSPS) is 11.2. The molecule has 122 valence electrons. The van der Waals surface area contributed by atoms with Gasteiger partial charge in [-0.15, -0.1) is 11.3 Å². The lowest BCUT2D eigenvalue weighted by Gasteiger charge is -2.02. The van der Waals surface area contributed by atoms with E-state index < -0.39 is 28.0 Å². The zero-order chi connectivity index (χ0) is 17.1. The van der Waals surface area contributed by atoms with Crippen molar-refractivity contribution >= 4 is 34.3 Å². The number of rotatable bonds is 4. The minimum absolute atomic E-state index is 0.444. The first-order chi connectivity index (χ1) is 11.6. The molecule has 0 atom stereocenters. The smallest absolute Gasteiger partial charge is 0.203 e. The van der Waals surface area contributed by atoms with E-state index in [-0.39, 0.29) is 0 Å². The number of nitrogens with zero attached hydrogens (tertiary/aromatic N) is 2. The number of nitrogens with one attached hydrogen (secondary N) is 1. The summed E-state index contributed by atoms with van der Waals surface area (Å²) in [4.78, 5) is 4.31. The third kappa shape index (κ3) is 3.42. The summed E-state index contributed by atoms with van der Waals surface area (Å²) in [6.07, 6.45) is 0.888. The van der Waals surface area contributed by atoms with Crippen LogP contribution < -0.4 is 5.43 Å². The molecular weight excluding hydrogens is 359 g/mol. The average molecular weight is 368 g/mol. The van der Waals surface area contributed by atoms with E-state index in [1.165, 1.54) is 11.3 Å². The summed E-state index contributed by atoms with van der Waals surface area (Å²) in [5.41, 5.74) is 3.73. The van der Waals surface area contributed by atoms with Crippen LogP contribution in [0.2, 0.25) is 5.02 Å². The topological polar surface area (TPSA) is 37.3 Å². The predicted octanol–water partition coefficient (Wildman–Crippen LogP) is 5.33. The Morgan fingerprint density at radius 1 is 1.12 bits per heavy atom. The fourth-order valence-electron chi connectivity index (χ4n) is 1.92. The quantitative estimate of drug-likeness (QED) is 0.293. The Morgan fingerprint density at radius 3 is 2.62 bits per heavy atom. The van der Waals surface area contributed by atoms with Crippen molar-refractivity contribution in [2.75, 3.05) is 5.43 Å². The first-order valence-corrected chi connectivity index (χ1v) is 7.95. The van der Waals surface area contributed by atoms with E-state index in [0.29, 0.717) is 11.2 Å². The molecule has 0 spiro atoms. The molecule has 1 aromatic heterocycles. The molecule has 3 aromatic rings. The van der Waals surface area contributed by atoms with E-state index in [9.17, 15) is 13.2 Å². The van der Waals surface area contributed by atoms with E-state index in [0.717, 1.165) is 17.5 Å². The highest BCUT2D eigenvalue weighted by Gasteiger charge is 2.16. The third-order valence-corrected chi connectivity index (χ3v) is 4.17. The molecule has 0 fully saturated rings. The maximum absolute atomic E-state index is 13.7. The molecule has 0 saturated heterocycles. The monoisotopic (exact) mass is 367 g/mol. The van der Waals surface area contributed by atoms with Crippen LogP contribution in [0, 0.1) is 17.5 Å². The van der Waals surface area contributed by atoms with Gasteiger partial charge in [0.1, 0.15) is 16.7 Å². The zero-order valence-electron chi connectivity index (χ0n) is 11.9. The van der Waals surface area contributed by atoms with Gasteiger partial charge >= 0.3 is 0 Å². The zero-order valence-corrected chi connectivity index (χ0v) is 13.5. The van der Waals surface area contributed by atoms with E-state index in [4.69, 9.17) is 11.6 Å². The number of aromatic nitrogens is 1. The summed E-state index contributed by atoms with van der Waals surface area (Å²) in [7, 11) is 0. The van der Waals surface area contributed by atoms with Crippen molar-refractivity contribution in [3.05, 3.63) is 69.8 Å². The van der Waals surface area contributed by atoms with Crippen LogP contribution in [0.1, 0.15) is 5.56 Å². The van der Waals surface area contributed by atoms with Gasteiger partial charge in [0, 0.05) is 17.0 Å². The Hall–Kier alpha value is -2.38. The van der Waals surface area contributed by atoms with Crippen LogP contribution in [0.4, 0.5) is 18.3 Å². The second-order valence-electron chi connectivity index (χ2n) is 4.66. The molecule has 24 heavy (non-hydrogen) atoms. The number of benzene rings is 2. The first kappa shape index (κ1) is 16.5. The molecule has 0 radical (unpaired) electrons. The lowest BCUT2D eigenvalue weighted by atomic mass is 10.2. The number of hydrogen-bond donors (Lipinski definition) is 1. The molecule has 3 nitrogen and oxygen atoms in total. The molecule has 3 rings (SSSR count). The molecule has 0 aliphatic heterocycles. The van der Waals surface area contributed by atoms with Gasteiger partial charge in [0.05, 0.1) is 17.5 Å². The van der Waals surface area contributed by atoms with Gasteiger partial charge in [0.2, 0.25) is 5.13 Å². The van der Waals surface area contributed by atoms with Crippen molar-refractivity contribution in [3.63, 3.8) is 0 Å². The van der Waals surface area contributed by atoms with Crippen LogP contribution in [0.3, 0.4) is 0 Å². The SMILES string of the molecule is Fc1cc(F)c(C=NNc2nc(-c3ccccc3)cs2)c(F)c1Cl. The van der Waals surface area contributed by atoms with Crippen molar-refractivity contribution in [1.29, 1.82) is 0 Å². The molecule has 0 saturated carbocycles. The Kier molecular flexibility index (Phi) is 4.82. The minimum atomic E-state index is -1.20. The largest absolute Gasteiger partial charge is 0.253 e. The van der Waals surface area contributed by atoms with Crippen LogP contribution >= 0.6 is 22.9 Å². The van der Waals surface area contributed by atoms with Crippen molar-refractivity contribution in [1.82, 2.24) is 4.98 Å². The summed E-state index contributed by atoms with van der Waals surface area (Å²) >= 11 is 6.70. The lowest BCUT2D eigenvalue weighted by Crippen LogP contribution is -2.00. The summed E-state index contributed by atoms with van der Waals surface area (Å²) in [6.45, 7) is 0. The van der Waals surface area contributed by atoms with Crippen molar-refractivity contribution in [2.24, 2.45) is 5.10 Å². The molecule has 0 aliphatic rings. The highest BCUT2D eigenvalue weighted by molar-refractivity contribution is 7.14. The molecular formula is C16H9ClF3N3S. The summed E-state index contributed by atoms with van der Waals surface area (Å²) in [5.74, 6) is -3.46. The summed E-state index contributed by atoms with van der Waals surface area (Å²) in [5, 5.41) is 5.21. The van der Waals surface area contributed by atoms with E-state index in [2.05, 4.69) is 15.5 Å². The van der Waals surface area contributed by atoms with Gasteiger partial charge in [-0.05, 0) is 0 Å². The Balaban J connectivity index is 1.76. The molecule has 0 bridgehead atoms. The second kappa shape index (κ2) is 7.02. The number of thiazole rings is 1. The molecule has 1 N–H and O–H groups in total. The van der Waals surface area contributed by atoms with Crippen LogP contribution in [-0.2, 0) is 0 Å². The maximum Gasteiger partial charge on any atom is 0.203 e. The first-order valence-electron chi connectivity index (χ1n) is 6.69. The molecule has 2 aromatic carbocycles. The predicted molar refractivity (Wildman–Crippen MR) is 90.1 cm³/mol. The van der Waals surface area contributed by atoms with Gasteiger partial charge in [-0.2, -0.15) is 5.10 Å². The van der Waals surface area contributed by atoms with Gasteiger partial charge in [-0.1, -0.05) is 41.9 Å². The number of anilines is 1. The third-order valence-electron chi connectivity index (χ3n) is 3.08. The van der Waals surface area contributed by atoms with Crippen LogP contribution in [-0.4, -0.2) is 11.2 Å². The highest BCUT2D eigenvalue weighted by atomic mass is 35.5. The summed E-state index contributed by atoms with van der Waals surface area (Å²) in [6, 6.07) is 10.0. The highest BCUT2D eigenvalue weighted by Crippen LogP contribution is 2.25. The van der Waals surface area contributed by atoms with Crippen molar-refractivity contribution < 1.29 is 13.2 Å².